The van der Waals surface area contributed by atoms with Gasteiger partial charge in [0.25, 0.3) is 0 Å². The van der Waals surface area contributed by atoms with Gasteiger partial charge < -0.3 is 9.53 Å². The lowest BCUT2D eigenvalue weighted by Gasteiger charge is -2.46. The van der Waals surface area contributed by atoms with E-state index >= 15 is 0 Å². The molecule has 0 radical (unpaired) electrons. The number of benzene rings is 1. The number of carbonyl (C=O) groups excluding carboxylic acids is 1. The first kappa shape index (κ1) is 12.9. The highest BCUT2D eigenvalue weighted by Crippen LogP contribution is 2.49. The summed E-state index contributed by atoms with van der Waals surface area (Å²) in [6, 6.07) is 10.6. The lowest BCUT2D eigenvalue weighted by molar-refractivity contribution is -0.118. The van der Waals surface area contributed by atoms with Crippen molar-refractivity contribution in [2.45, 2.75) is 56.0 Å². The van der Waals surface area contributed by atoms with E-state index in [1.54, 1.807) is 0 Å². The molecular formula is C17H22O2. The molecule has 1 aliphatic heterocycles. The Kier molecular flexibility index (Phi) is 3.44. The van der Waals surface area contributed by atoms with E-state index in [1.165, 1.54) is 31.2 Å². The fourth-order valence-electron chi connectivity index (χ4n) is 4.05. The average Bonchev–Trinajstić information content (AvgIpc) is 2.88. The van der Waals surface area contributed by atoms with Crippen LogP contribution in [0.25, 0.3) is 0 Å². The van der Waals surface area contributed by atoms with Gasteiger partial charge in [0.1, 0.15) is 6.29 Å². The Morgan fingerprint density at radius 1 is 1.11 bits per heavy atom. The summed E-state index contributed by atoms with van der Waals surface area (Å²) in [4.78, 5) is 11.2. The van der Waals surface area contributed by atoms with Crippen molar-refractivity contribution in [3.8, 4) is 0 Å². The molecule has 0 N–H and O–H groups in total. The Bertz CT molecular complexity index is 434. The van der Waals surface area contributed by atoms with Gasteiger partial charge in [0.15, 0.2) is 0 Å². The summed E-state index contributed by atoms with van der Waals surface area (Å²) in [6.07, 6.45) is 8.59. The number of rotatable bonds is 3. The zero-order valence-electron chi connectivity index (χ0n) is 11.4. The van der Waals surface area contributed by atoms with Crippen LogP contribution in [0, 0.1) is 0 Å². The van der Waals surface area contributed by atoms with Crippen molar-refractivity contribution in [3.05, 3.63) is 35.9 Å². The SMILES string of the molecule is O=CC[C@@]1(c2ccccc2)CCOC2(CCCC2)C1. The Hall–Kier alpha value is -1.15. The highest BCUT2D eigenvalue weighted by molar-refractivity contribution is 5.54. The normalized spacial score (nSPS) is 29.5. The third-order valence-corrected chi connectivity index (χ3v) is 5.02. The minimum absolute atomic E-state index is 0.00556. The van der Waals surface area contributed by atoms with E-state index in [2.05, 4.69) is 24.3 Å². The van der Waals surface area contributed by atoms with Crippen molar-refractivity contribution >= 4 is 6.29 Å². The van der Waals surface area contributed by atoms with Gasteiger partial charge in [-0.1, -0.05) is 43.2 Å². The molecule has 2 nitrogen and oxygen atoms in total. The molecule has 1 aliphatic carbocycles. The predicted octanol–water partition coefficient (Wildman–Crippen LogP) is 3.64. The van der Waals surface area contributed by atoms with Gasteiger partial charge in [0.05, 0.1) is 5.60 Å². The zero-order valence-corrected chi connectivity index (χ0v) is 11.4. The van der Waals surface area contributed by atoms with Crippen LogP contribution in [0.5, 0.6) is 0 Å². The van der Waals surface area contributed by atoms with Crippen LogP contribution >= 0.6 is 0 Å². The maximum atomic E-state index is 11.2. The molecule has 102 valence electrons. The van der Waals surface area contributed by atoms with Crippen LogP contribution in [0.3, 0.4) is 0 Å². The van der Waals surface area contributed by atoms with E-state index < -0.39 is 0 Å². The lowest BCUT2D eigenvalue weighted by Crippen LogP contribution is -2.46. The monoisotopic (exact) mass is 258 g/mol. The summed E-state index contributed by atoms with van der Waals surface area (Å²) >= 11 is 0. The molecule has 1 spiro atoms. The van der Waals surface area contributed by atoms with E-state index in [-0.39, 0.29) is 11.0 Å². The summed E-state index contributed by atoms with van der Waals surface area (Å²) in [5, 5.41) is 0. The molecule has 19 heavy (non-hydrogen) atoms. The smallest absolute Gasteiger partial charge is 0.120 e. The molecule has 1 saturated carbocycles. The van der Waals surface area contributed by atoms with Crippen LogP contribution in [-0.2, 0) is 14.9 Å². The fraction of sp³-hybridized carbons (Fsp3) is 0.588. The van der Waals surface area contributed by atoms with Gasteiger partial charge in [-0.25, -0.2) is 0 Å². The maximum Gasteiger partial charge on any atom is 0.120 e. The highest BCUT2D eigenvalue weighted by atomic mass is 16.5. The Morgan fingerprint density at radius 3 is 2.53 bits per heavy atom. The molecule has 1 heterocycles. The minimum atomic E-state index is 0.00556. The average molecular weight is 258 g/mol. The van der Waals surface area contributed by atoms with Gasteiger partial charge in [0.2, 0.25) is 0 Å². The molecule has 1 atom stereocenters. The van der Waals surface area contributed by atoms with Crippen molar-refractivity contribution in [2.75, 3.05) is 6.61 Å². The van der Waals surface area contributed by atoms with Gasteiger partial charge in [-0.15, -0.1) is 0 Å². The van der Waals surface area contributed by atoms with E-state index in [4.69, 9.17) is 4.74 Å². The quantitative estimate of drug-likeness (QED) is 0.774. The second kappa shape index (κ2) is 5.09. The number of carbonyl (C=O) groups is 1. The molecule has 1 aromatic rings. The largest absolute Gasteiger partial charge is 0.375 e. The van der Waals surface area contributed by atoms with Gasteiger partial charge >= 0.3 is 0 Å². The van der Waals surface area contributed by atoms with Crippen molar-refractivity contribution < 1.29 is 9.53 Å². The molecule has 0 amide bonds. The first-order valence-corrected chi connectivity index (χ1v) is 7.42. The second-order valence-electron chi connectivity index (χ2n) is 6.18. The first-order valence-electron chi connectivity index (χ1n) is 7.42. The summed E-state index contributed by atoms with van der Waals surface area (Å²) in [5.41, 5.74) is 1.37. The van der Waals surface area contributed by atoms with Crippen LogP contribution in [0.15, 0.2) is 30.3 Å². The number of aldehydes is 1. The third-order valence-electron chi connectivity index (χ3n) is 5.02. The van der Waals surface area contributed by atoms with Crippen molar-refractivity contribution in [1.29, 1.82) is 0 Å². The zero-order chi connectivity index (χ0) is 13.2. The topological polar surface area (TPSA) is 26.3 Å². The third kappa shape index (κ3) is 2.34. The molecule has 0 bridgehead atoms. The minimum Gasteiger partial charge on any atom is -0.375 e. The van der Waals surface area contributed by atoms with Crippen molar-refractivity contribution in [3.63, 3.8) is 0 Å². The van der Waals surface area contributed by atoms with Gasteiger partial charge in [-0.3, -0.25) is 0 Å². The van der Waals surface area contributed by atoms with Crippen LogP contribution in [0.4, 0.5) is 0 Å². The van der Waals surface area contributed by atoms with E-state index in [9.17, 15) is 4.79 Å². The molecule has 3 rings (SSSR count). The van der Waals surface area contributed by atoms with Crippen LogP contribution in [-0.4, -0.2) is 18.5 Å². The molecule has 2 aliphatic rings. The van der Waals surface area contributed by atoms with Gasteiger partial charge in [-0.05, 0) is 31.2 Å². The summed E-state index contributed by atoms with van der Waals surface area (Å²) in [6.45, 7) is 0.794. The van der Waals surface area contributed by atoms with Crippen molar-refractivity contribution in [1.82, 2.24) is 0 Å². The van der Waals surface area contributed by atoms with Crippen molar-refractivity contribution in [2.24, 2.45) is 0 Å². The molecule has 1 saturated heterocycles. The second-order valence-corrected chi connectivity index (χ2v) is 6.18. The Balaban J connectivity index is 1.94. The molecule has 2 fully saturated rings. The lowest BCUT2D eigenvalue weighted by atomic mass is 9.66. The molecule has 0 unspecified atom stereocenters. The first-order chi connectivity index (χ1) is 9.29. The Morgan fingerprint density at radius 2 is 1.84 bits per heavy atom. The summed E-state index contributed by atoms with van der Waals surface area (Å²) < 4.78 is 6.13. The van der Waals surface area contributed by atoms with E-state index in [0.717, 1.165) is 25.7 Å². The number of hydrogen-bond donors (Lipinski definition) is 0. The molecule has 0 aromatic heterocycles. The molecule has 1 aromatic carbocycles. The fourth-order valence-corrected chi connectivity index (χ4v) is 4.05. The van der Waals surface area contributed by atoms with Gasteiger partial charge in [-0.2, -0.15) is 0 Å². The standard InChI is InChI=1S/C17H22O2/c18-12-10-16(15-6-2-1-3-7-15)11-13-19-17(14-16)8-4-5-9-17/h1-3,6-7,12H,4-5,8-11,13-14H2/t16-/m1/s1. The summed E-state index contributed by atoms with van der Waals surface area (Å²) in [5.74, 6) is 0. The van der Waals surface area contributed by atoms with E-state index in [1.807, 2.05) is 6.07 Å². The number of hydrogen-bond acceptors (Lipinski definition) is 2. The van der Waals surface area contributed by atoms with Crippen LogP contribution in [0.2, 0.25) is 0 Å². The van der Waals surface area contributed by atoms with Gasteiger partial charge in [0, 0.05) is 18.4 Å². The molecule has 2 heteroatoms. The molecular weight excluding hydrogens is 236 g/mol. The maximum absolute atomic E-state index is 11.2. The highest BCUT2D eigenvalue weighted by Gasteiger charge is 2.47. The Labute approximate surface area is 115 Å². The predicted molar refractivity (Wildman–Crippen MR) is 75.2 cm³/mol. The van der Waals surface area contributed by atoms with Crippen LogP contribution < -0.4 is 0 Å². The van der Waals surface area contributed by atoms with E-state index in [0.29, 0.717) is 6.42 Å². The number of ether oxygens (including phenoxy) is 1. The summed E-state index contributed by atoms with van der Waals surface area (Å²) in [7, 11) is 0. The van der Waals surface area contributed by atoms with Crippen LogP contribution in [0.1, 0.15) is 50.5 Å².